The van der Waals surface area contributed by atoms with Crippen LogP contribution in [0.4, 0.5) is 13.2 Å². The summed E-state index contributed by atoms with van der Waals surface area (Å²) in [5.74, 6) is 0.432. The molecule has 122 valence electrons. The Kier molecular flexibility index (Phi) is 7.06. The van der Waals surface area contributed by atoms with Crippen molar-refractivity contribution < 1.29 is 17.7 Å². The largest absolute Gasteiger partial charge is 0.434 e. The van der Waals surface area contributed by atoms with Gasteiger partial charge in [0.25, 0.3) is 0 Å². The van der Waals surface area contributed by atoms with E-state index in [1.54, 1.807) is 13.1 Å². The number of nitrogens with zero attached hydrogens (tertiary/aromatic N) is 3. The van der Waals surface area contributed by atoms with E-state index < -0.39 is 11.9 Å². The maximum atomic E-state index is 12.4. The molecule has 0 amide bonds. The number of hydrogen-bond acceptors (Lipinski definition) is 5. The van der Waals surface area contributed by atoms with Crippen molar-refractivity contribution >= 4 is 41.3 Å². The minimum absolute atomic E-state index is 0. The first kappa shape index (κ1) is 18.7. The SMILES string of the molecule is CN=C(NCc1ccon1)NCc1nc(C(F)(F)F)cs1.I. The van der Waals surface area contributed by atoms with E-state index in [-0.39, 0.29) is 30.5 Å². The zero-order chi connectivity index (χ0) is 15.3. The van der Waals surface area contributed by atoms with Crippen molar-refractivity contribution in [2.45, 2.75) is 19.3 Å². The van der Waals surface area contributed by atoms with Crippen LogP contribution < -0.4 is 10.6 Å². The number of rotatable bonds is 4. The van der Waals surface area contributed by atoms with Gasteiger partial charge in [0.15, 0.2) is 11.7 Å². The number of aliphatic imine (C=N–C) groups is 1. The predicted molar refractivity (Wildman–Crippen MR) is 86.1 cm³/mol. The van der Waals surface area contributed by atoms with Crippen LogP contribution in [0, 0.1) is 0 Å². The molecule has 0 aromatic carbocycles. The topological polar surface area (TPSA) is 75.3 Å². The third-order valence-corrected chi connectivity index (χ3v) is 3.25. The average Bonchev–Trinajstić information content (AvgIpc) is 3.09. The Balaban J connectivity index is 0.00000242. The third kappa shape index (κ3) is 5.44. The Hall–Kier alpha value is -1.37. The molecule has 2 heterocycles. The molecular formula is C11H13F3IN5OS. The van der Waals surface area contributed by atoms with Crippen molar-refractivity contribution in [3.8, 4) is 0 Å². The Morgan fingerprint density at radius 2 is 2.09 bits per heavy atom. The summed E-state index contributed by atoms with van der Waals surface area (Å²) in [6.07, 6.45) is -2.97. The van der Waals surface area contributed by atoms with Gasteiger partial charge < -0.3 is 15.2 Å². The smallest absolute Gasteiger partial charge is 0.364 e. The summed E-state index contributed by atoms with van der Waals surface area (Å²) in [6.45, 7) is 0.543. The fourth-order valence-electron chi connectivity index (χ4n) is 1.41. The van der Waals surface area contributed by atoms with Crippen LogP contribution >= 0.6 is 35.3 Å². The van der Waals surface area contributed by atoms with E-state index in [1.807, 2.05) is 0 Å². The summed E-state index contributed by atoms with van der Waals surface area (Å²) in [4.78, 5) is 7.47. The molecule has 0 aliphatic heterocycles. The van der Waals surface area contributed by atoms with Crippen LogP contribution in [0.3, 0.4) is 0 Å². The minimum Gasteiger partial charge on any atom is -0.364 e. The summed E-state index contributed by atoms with van der Waals surface area (Å²) in [7, 11) is 1.56. The lowest BCUT2D eigenvalue weighted by molar-refractivity contribution is -0.140. The Morgan fingerprint density at radius 1 is 1.36 bits per heavy atom. The minimum atomic E-state index is -4.42. The quantitative estimate of drug-likeness (QED) is 0.429. The monoisotopic (exact) mass is 447 g/mol. The van der Waals surface area contributed by atoms with E-state index in [9.17, 15) is 13.2 Å². The Labute approximate surface area is 145 Å². The average molecular weight is 447 g/mol. The highest BCUT2D eigenvalue weighted by Gasteiger charge is 2.33. The Morgan fingerprint density at radius 3 is 2.64 bits per heavy atom. The molecule has 11 heteroatoms. The summed E-state index contributed by atoms with van der Waals surface area (Å²) in [5, 5.41) is 10.9. The molecule has 6 nitrogen and oxygen atoms in total. The van der Waals surface area contributed by atoms with Crippen LogP contribution in [0.15, 0.2) is 27.2 Å². The van der Waals surface area contributed by atoms with E-state index in [0.717, 1.165) is 16.7 Å². The molecule has 0 aliphatic rings. The molecule has 0 bridgehead atoms. The molecular weight excluding hydrogens is 434 g/mol. The highest BCUT2D eigenvalue weighted by Crippen LogP contribution is 2.29. The maximum absolute atomic E-state index is 12.4. The van der Waals surface area contributed by atoms with Crippen LogP contribution in [0.2, 0.25) is 0 Å². The zero-order valence-electron chi connectivity index (χ0n) is 11.3. The van der Waals surface area contributed by atoms with Crippen LogP contribution in [-0.2, 0) is 19.3 Å². The number of nitrogens with one attached hydrogen (secondary N) is 2. The van der Waals surface area contributed by atoms with Crippen LogP contribution in [0.5, 0.6) is 0 Å². The van der Waals surface area contributed by atoms with Crippen molar-refractivity contribution in [3.05, 3.63) is 34.1 Å². The summed E-state index contributed by atoms with van der Waals surface area (Å²) in [5.41, 5.74) is -0.193. The van der Waals surface area contributed by atoms with Gasteiger partial charge in [-0.2, -0.15) is 13.2 Å². The molecule has 2 aromatic heterocycles. The van der Waals surface area contributed by atoms with Crippen molar-refractivity contribution in [1.82, 2.24) is 20.8 Å². The van der Waals surface area contributed by atoms with Crippen molar-refractivity contribution in [2.75, 3.05) is 7.05 Å². The zero-order valence-corrected chi connectivity index (χ0v) is 14.5. The van der Waals surface area contributed by atoms with E-state index >= 15 is 0 Å². The van der Waals surface area contributed by atoms with Crippen LogP contribution in [0.25, 0.3) is 0 Å². The van der Waals surface area contributed by atoms with Gasteiger partial charge in [-0.15, -0.1) is 35.3 Å². The number of halogens is 4. The van der Waals surface area contributed by atoms with Crippen molar-refractivity contribution in [1.29, 1.82) is 0 Å². The molecule has 2 N–H and O–H groups in total. The molecule has 0 saturated carbocycles. The Bertz CT molecular complexity index is 599. The first-order valence-electron chi connectivity index (χ1n) is 5.84. The highest BCUT2D eigenvalue weighted by molar-refractivity contribution is 14.0. The highest BCUT2D eigenvalue weighted by atomic mass is 127. The lowest BCUT2D eigenvalue weighted by Gasteiger charge is -2.09. The van der Waals surface area contributed by atoms with Gasteiger partial charge in [0.2, 0.25) is 0 Å². The molecule has 2 aromatic rings. The van der Waals surface area contributed by atoms with Gasteiger partial charge in [0, 0.05) is 18.5 Å². The van der Waals surface area contributed by atoms with Gasteiger partial charge in [0.05, 0.1) is 13.1 Å². The van der Waals surface area contributed by atoms with Crippen LogP contribution in [0.1, 0.15) is 16.4 Å². The molecule has 2 rings (SSSR count). The number of alkyl halides is 3. The first-order chi connectivity index (χ1) is 9.99. The lowest BCUT2D eigenvalue weighted by Crippen LogP contribution is -2.36. The fourth-order valence-corrected chi connectivity index (χ4v) is 2.15. The van der Waals surface area contributed by atoms with Gasteiger partial charge in [-0.25, -0.2) is 4.98 Å². The second-order valence-corrected chi connectivity index (χ2v) is 4.84. The molecule has 0 atom stereocenters. The number of thiazole rings is 1. The fraction of sp³-hybridized carbons (Fsp3) is 0.364. The summed E-state index contributed by atoms with van der Waals surface area (Å²) in [6, 6.07) is 1.69. The molecule has 0 fully saturated rings. The van der Waals surface area contributed by atoms with Gasteiger partial charge >= 0.3 is 6.18 Å². The van der Waals surface area contributed by atoms with E-state index in [1.165, 1.54) is 6.26 Å². The molecule has 22 heavy (non-hydrogen) atoms. The number of aromatic nitrogens is 2. The van der Waals surface area contributed by atoms with Gasteiger partial charge in [-0.3, -0.25) is 4.99 Å². The number of hydrogen-bond donors (Lipinski definition) is 2. The van der Waals surface area contributed by atoms with E-state index in [2.05, 4.69) is 30.3 Å². The van der Waals surface area contributed by atoms with Gasteiger partial charge in [-0.1, -0.05) is 5.16 Å². The molecule has 0 aliphatic carbocycles. The van der Waals surface area contributed by atoms with Gasteiger partial charge in [0.1, 0.15) is 17.0 Å². The van der Waals surface area contributed by atoms with Crippen molar-refractivity contribution in [3.63, 3.8) is 0 Å². The van der Waals surface area contributed by atoms with Crippen molar-refractivity contribution in [2.24, 2.45) is 4.99 Å². The molecule has 0 spiro atoms. The molecule has 0 radical (unpaired) electrons. The summed E-state index contributed by atoms with van der Waals surface area (Å²) < 4.78 is 41.9. The van der Waals surface area contributed by atoms with Crippen LogP contribution in [-0.4, -0.2) is 23.1 Å². The molecule has 0 unspecified atom stereocenters. The maximum Gasteiger partial charge on any atom is 0.434 e. The second kappa shape index (κ2) is 8.31. The van der Waals surface area contributed by atoms with E-state index in [4.69, 9.17) is 0 Å². The first-order valence-corrected chi connectivity index (χ1v) is 6.72. The van der Waals surface area contributed by atoms with E-state index in [0.29, 0.717) is 23.2 Å². The van der Waals surface area contributed by atoms with Gasteiger partial charge in [-0.05, 0) is 0 Å². The number of guanidine groups is 1. The molecule has 0 saturated heterocycles. The normalized spacial score (nSPS) is 11.9. The lowest BCUT2D eigenvalue weighted by atomic mass is 10.4. The standard InChI is InChI=1S/C11H12F3N5OS.HI/c1-15-10(16-4-7-2-3-20-19-7)17-5-9-18-8(6-21-9)11(12,13)14;/h2-3,6H,4-5H2,1H3,(H2,15,16,17);1H. The second-order valence-electron chi connectivity index (χ2n) is 3.89. The third-order valence-electron chi connectivity index (χ3n) is 2.40. The summed E-state index contributed by atoms with van der Waals surface area (Å²) >= 11 is 0.941. The predicted octanol–water partition coefficient (Wildman–Crippen LogP) is 2.63.